The summed E-state index contributed by atoms with van der Waals surface area (Å²) in [6.45, 7) is 1.94. The molecule has 3 rings (SSSR count). The number of nitrogens with one attached hydrogen (secondary N) is 2. The van der Waals surface area contributed by atoms with Gasteiger partial charge in [-0.25, -0.2) is 24.3 Å². The number of hydrogen-bond acceptors (Lipinski definition) is 2. The molecule has 0 amide bonds. The van der Waals surface area contributed by atoms with Gasteiger partial charge >= 0.3 is 17.1 Å². The van der Waals surface area contributed by atoms with E-state index in [-0.39, 0.29) is 17.1 Å². The van der Waals surface area contributed by atoms with Gasteiger partial charge in [-0.3, -0.25) is 5.43 Å². The van der Waals surface area contributed by atoms with E-state index in [4.69, 9.17) is 12.2 Å². The van der Waals surface area contributed by atoms with Gasteiger partial charge in [0, 0.05) is 11.4 Å². The summed E-state index contributed by atoms with van der Waals surface area (Å²) in [5, 5.41) is 7.76. The zero-order chi connectivity index (χ0) is 16.3. The van der Waals surface area contributed by atoms with E-state index in [9.17, 15) is 0 Å². The number of benzene rings is 1. The second kappa shape index (κ2) is 11.4. The molecule has 24 heavy (non-hydrogen) atoms. The third kappa shape index (κ3) is 7.38. The van der Waals surface area contributed by atoms with Gasteiger partial charge in [0.15, 0.2) is 5.11 Å². The summed E-state index contributed by atoms with van der Waals surface area (Å²) < 4.78 is 0. The third-order valence-corrected chi connectivity index (χ3v) is 3.19. The summed E-state index contributed by atoms with van der Waals surface area (Å²) >= 11 is 5.15. The maximum atomic E-state index is 5.15. The molecule has 0 heterocycles. The van der Waals surface area contributed by atoms with Crippen LogP contribution in [0.25, 0.3) is 0 Å². The molecule has 0 fully saturated rings. The Bertz CT molecular complexity index is 687. The first-order valence-electron chi connectivity index (χ1n) is 7.31. The van der Waals surface area contributed by atoms with Crippen LogP contribution < -0.4 is 10.7 Å². The fraction of sp³-hybridized carbons (Fsp3) is 0.0526. The van der Waals surface area contributed by atoms with E-state index < -0.39 is 0 Å². The van der Waals surface area contributed by atoms with Crippen LogP contribution in [0.4, 0.5) is 5.69 Å². The molecule has 3 aromatic carbocycles. The van der Waals surface area contributed by atoms with E-state index in [1.807, 2.05) is 91.9 Å². The standard InChI is InChI=1S/C14H14N3S.C5H5.Fe/c1-11(12-7-5-6-8-12)16-17-14(18)15-13-9-3-2-4-10-13;1-2-4-5-3-1;/h2-10H,1H3,(H2,15,17,18);1-5H;/q2*-1;+2. The summed E-state index contributed by atoms with van der Waals surface area (Å²) in [4.78, 5) is 0. The van der Waals surface area contributed by atoms with Gasteiger partial charge in [-0.1, -0.05) is 18.2 Å². The fourth-order valence-corrected chi connectivity index (χ4v) is 1.98. The minimum atomic E-state index is 0. The molecule has 0 aliphatic carbocycles. The van der Waals surface area contributed by atoms with E-state index in [0.717, 1.165) is 17.0 Å². The quantitative estimate of drug-likeness (QED) is 0.232. The third-order valence-electron chi connectivity index (χ3n) is 2.99. The van der Waals surface area contributed by atoms with Crippen LogP contribution >= 0.6 is 12.2 Å². The summed E-state index contributed by atoms with van der Waals surface area (Å²) in [6.07, 6.45) is 0. The molecule has 2 N–H and O–H groups in total. The Hall–Kier alpha value is -2.20. The monoisotopic (exact) mass is 377 g/mol. The minimum Gasteiger partial charge on any atom is -0.331 e. The number of hydrazone groups is 1. The van der Waals surface area contributed by atoms with Crippen LogP contribution in [0.1, 0.15) is 12.5 Å². The smallest absolute Gasteiger partial charge is 0.331 e. The molecule has 0 bridgehead atoms. The van der Waals surface area contributed by atoms with Crippen LogP contribution in [0.15, 0.2) is 90.0 Å². The largest absolute Gasteiger partial charge is 2.00 e. The molecule has 124 valence electrons. The maximum Gasteiger partial charge on any atom is 2.00 e. The second-order valence-corrected chi connectivity index (χ2v) is 5.17. The molecular formula is C19H19FeN3S. The van der Waals surface area contributed by atoms with Gasteiger partial charge in [0.05, 0.1) is 0 Å². The van der Waals surface area contributed by atoms with E-state index in [1.165, 1.54) is 0 Å². The van der Waals surface area contributed by atoms with Crippen molar-refractivity contribution in [2.45, 2.75) is 6.92 Å². The second-order valence-electron chi connectivity index (χ2n) is 4.76. The average Bonchev–Trinajstić information content (AvgIpc) is 3.29. The molecular weight excluding hydrogens is 358 g/mol. The number of nitrogens with zero attached hydrogens (tertiary/aromatic N) is 1. The van der Waals surface area contributed by atoms with Crippen molar-refractivity contribution in [3.8, 4) is 0 Å². The Kier molecular flexibility index (Phi) is 9.39. The number of hydrogen-bond donors (Lipinski definition) is 2. The zero-order valence-corrected chi connectivity index (χ0v) is 15.2. The first-order chi connectivity index (χ1) is 11.3. The Balaban J connectivity index is 0.000000412. The van der Waals surface area contributed by atoms with Crippen LogP contribution in [-0.2, 0) is 17.1 Å². The molecule has 3 aromatic rings. The number of anilines is 1. The molecule has 3 nitrogen and oxygen atoms in total. The molecule has 0 atom stereocenters. The van der Waals surface area contributed by atoms with Gasteiger partial charge < -0.3 is 5.32 Å². The van der Waals surface area contributed by atoms with Gasteiger partial charge in [-0.05, 0) is 31.3 Å². The van der Waals surface area contributed by atoms with Gasteiger partial charge in [0.1, 0.15) is 0 Å². The molecule has 0 aromatic heterocycles. The molecule has 0 radical (unpaired) electrons. The SMILES string of the molecule is CC(=NNC(=S)Nc1ccccc1)[c-]1cccc1.[Fe+2].c1cc[cH-]c1. The van der Waals surface area contributed by atoms with Crippen molar-refractivity contribution in [1.29, 1.82) is 0 Å². The first-order valence-corrected chi connectivity index (χ1v) is 7.71. The normalized spacial score (nSPS) is 9.96. The predicted molar refractivity (Wildman–Crippen MR) is 102 cm³/mol. The van der Waals surface area contributed by atoms with Gasteiger partial charge in [0.25, 0.3) is 0 Å². The van der Waals surface area contributed by atoms with E-state index in [0.29, 0.717) is 5.11 Å². The van der Waals surface area contributed by atoms with Crippen molar-refractivity contribution in [3.05, 3.63) is 90.5 Å². The maximum absolute atomic E-state index is 5.15. The number of rotatable bonds is 3. The van der Waals surface area contributed by atoms with Crippen LogP contribution in [0, 0.1) is 0 Å². The molecule has 0 aliphatic rings. The molecule has 5 heteroatoms. The summed E-state index contributed by atoms with van der Waals surface area (Å²) in [6, 6.07) is 27.7. The van der Waals surface area contributed by atoms with Crippen LogP contribution in [-0.4, -0.2) is 10.8 Å². The van der Waals surface area contributed by atoms with E-state index in [2.05, 4.69) is 15.8 Å². The van der Waals surface area contributed by atoms with Crippen molar-refractivity contribution >= 4 is 28.7 Å². The predicted octanol–water partition coefficient (Wildman–Crippen LogP) is 4.52. The average molecular weight is 377 g/mol. The van der Waals surface area contributed by atoms with Crippen LogP contribution in [0.5, 0.6) is 0 Å². The topological polar surface area (TPSA) is 36.4 Å². The Labute approximate surface area is 159 Å². The van der Waals surface area contributed by atoms with Crippen molar-refractivity contribution < 1.29 is 17.1 Å². The van der Waals surface area contributed by atoms with Crippen molar-refractivity contribution in [3.63, 3.8) is 0 Å². The van der Waals surface area contributed by atoms with Crippen molar-refractivity contribution in [2.75, 3.05) is 5.32 Å². The molecule has 0 spiro atoms. The Morgan fingerprint density at radius 1 is 1.00 bits per heavy atom. The van der Waals surface area contributed by atoms with E-state index in [1.54, 1.807) is 0 Å². The fourth-order valence-electron chi connectivity index (χ4n) is 1.82. The molecule has 0 unspecified atom stereocenters. The van der Waals surface area contributed by atoms with Gasteiger partial charge in [-0.15, -0.1) is 5.56 Å². The van der Waals surface area contributed by atoms with Crippen LogP contribution in [0.2, 0.25) is 0 Å². The number of para-hydroxylation sites is 1. The van der Waals surface area contributed by atoms with Crippen molar-refractivity contribution in [1.82, 2.24) is 5.43 Å². The zero-order valence-electron chi connectivity index (χ0n) is 13.3. The summed E-state index contributed by atoms with van der Waals surface area (Å²) in [5.41, 5.74) is 5.76. The molecule has 0 saturated carbocycles. The van der Waals surface area contributed by atoms with Gasteiger partial charge in [-0.2, -0.15) is 35.4 Å². The Morgan fingerprint density at radius 3 is 2.17 bits per heavy atom. The Morgan fingerprint density at radius 2 is 1.62 bits per heavy atom. The first kappa shape index (κ1) is 19.8. The van der Waals surface area contributed by atoms with Gasteiger partial charge in [0.2, 0.25) is 0 Å². The van der Waals surface area contributed by atoms with Crippen molar-refractivity contribution in [2.24, 2.45) is 5.10 Å². The van der Waals surface area contributed by atoms with Crippen LogP contribution in [0.3, 0.4) is 0 Å². The summed E-state index contributed by atoms with van der Waals surface area (Å²) in [7, 11) is 0. The minimum absolute atomic E-state index is 0. The van der Waals surface area contributed by atoms with E-state index >= 15 is 0 Å². The molecule has 0 saturated heterocycles. The number of thiocarbonyl (C=S) groups is 1. The molecule has 0 aliphatic heterocycles. The summed E-state index contributed by atoms with van der Waals surface area (Å²) in [5.74, 6) is 0.